The third-order valence-corrected chi connectivity index (χ3v) is 3.42. The maximum atomic E-state index is 11.5. The smallest absolute Gasteiger partial charge is 0.341 e. The van der Waals surface area contributed by atoms with Crippen LogP contribution >= 0.6 is 0 Å². The largest absolute Gasteiger partial charge is 0.465 e. The fourth-order valence-corrected chi connectivity index (χ4v) is 2.15. The van der Waals surface area contributed by atoms with E-state index in [9.17, 15) is 4.79 Å². The summed E-state index contributed by atoms with van der Waals surface area (Å²) in [5.41, 5.74) is 0.511. The SMILES string of the molecule is COC(=O)c1cc(CNC(C)CCCC(C)C)oc1C. The van der Waals surface area contributed by atoms with Crippen molar-refractivity contribution in [2.75, 3.05) is 7.11 Å². The molecule has 0 aliphatic rings. The van der Waals surface area contributed by atoms with Gasteiger partial charge in [-0.3, -0.25) is 0 Å². The number of carbonyl (C=O) groups excluding carboxylic acids is 1. The summed E-state index contributed by atoms with van der Waals surface area (Å²) in [5, 5.41) is 3.42. The first-order valence-corrected chi connectivity index (χ1v) is 7.35. The maximum absolute atomic E-state index is 11.5. The molecular formula is C16H27NO3. The van der Waals surface area contributed by atoms with E-state index in [4.69, 9.17) is 9.15 Å². The summed E-state index contributed by atoms with van der Waals surface area (Å²) in [4.78, 5) is 11.5. The van der Waals surface area contributed by atoms with Gasteiger partial charge in [-0.05, 0) is 32.3 Å². The van der Waals surface area contributed by atoms with Crippen LogP contribution in [-0.4, -0.2) is 19.1 Å². The highest BCUT2D eigenvalue weighted by Crippen LogP contribution is 2.16. The van der Waals surface area contributed by atoms with Gasteiger partial charge in [0.1, 0.15) is 17.1 Å². The van der Waals surface area contributed by atoms with Gasteiger partial charge in [-0.15, -0.1) is 0 Å². The minimum atomic E-state index is -0.345. The molecule has 0 radical (unpaired) electrons. The number of furan rings is 1. The number of rotatable bonds is 8. The molecule has 0 saturated carbocycles. The standard InChI is InChI=1S/C16H27NO3/c1-11(2)7-6-8-12(3)17-10-14-9-15(13(4)20-14)16(18)19-5/h9,11-12,17H,6-8,10H2,1-5H3. The Morgan fingerprint density at radius 3 is 2.65 bits per heavy atom. The predicted molar refractivity (Wildman–Crippen MR) is 79.8 cm³/mol. The fourth-order valence-electron chi connectivity index (χ4n) is 2.15. The second kappa shape index (κ2) is 8.10. The molecule has 20 heavy (non-hydrogen) atoms. The van der Waals surface area contributed by atoms with Gasteiger partial charge in [0.15, 0.2) is 0 Å². The van der Waals surface area contributed by atoms with Crippen LogP contribution in [0.4, 0.5) is 0 Å². The van der Waals surface area contributed by atoms with Crippen LogP contribution in [0.25, 0.3) is 0 Å². The molecule has 1 aromatic heterocycles. The van der Waals surface area contributed by atoms with E-state index < -0.39 is 0 Å². The number of carbonyl (C=O) groups is 1. The first kappa shape index (κ1) is 16.8. The number of hydrogen-bond donors (Lipinski definition) is 1. The summed E-state index contributed by atoms with van der Waals surface area (Å²) in [5.74, 6) is 1.81. The summed E-state index contributed by atoms with van der Waals surface area (Å²) >= 11 is 0. The van der Waals surface area contributed by atoms with Crippen LogP contribution < -0.4 is 5.32 Å². The lowest BCUT2D eigenvalue weighted by Gasteiger charge is -2.13. The number of methoxy groups -OCH3 is 1. The average Bonchev–Trinajstić information content (AvgIpc) is 2.76. The summed E-state index contributed by atoms with van der Waals surface area (Å²) in [7, 11) is 1.38. The van der Waals surface area contributed by atoms with Crippen molar-refractivity contribution in [1.82, 2.24) is 5.32 Å². The fraction of sp³-hybridized carbons (Fsp3) is 0.688. The molecule has 1 aromatic rings. The molecule has 1 heterocycles. The molecule has 0 aromatic carbocycles. The van der Waals surface area contributed by atoms with E-state index in [0.29, 0.717) is 23.9 Å². The minimum absolute atomic E-state index is 0.345. The predicted octanol–water partition coefficient (Wildman–Crippen LogP) is 3.68. The molecule has 4 heteroatoms. The summed E-state index contributed by atoms with van der Waals surface area (Å²) in [6, 6.07) is 2.20. The molecule has 0 fully saturated rings. The number of nitrogens with one attached hydrogen (secondary N) is 1. The van der Waals surface area contributed by atoms with E-state index in [-0.39, 0.29) is 5.97 Å². The second-order valence-corrected chi connectivity index (χ2v) is 5.78. The summed E-state index contributed by atoms with van der Waals surface area (Å²) < 4.78 is 10.3. The Balaban J connectivity index is 2.40. The van der Waals surface area contributed by atoms with Gasteiger partial charge in [-0.25, -0.2) is 4.79 Å². The second-order valence-electron chi connectivity index (χ2n) is 5.78. The Labute approximate surface area is 121 Å². The molecule has 1 rings (SSSR count). The zero-order valence-corrected chi connectivity index (χ0v) is 13.3. The van der Waals surface area contributed by atoms with E-state index in [1.807, 2.05) is 0 Å². The third-order valence-electron chi connectivity index (χ3n) is 3.42. The highest BCUT2D eigenvalue weighted by Gasteiger charge is 2.15. The molecule has 0 amide bonds. The van der Waals surface area contributed by atoms with E-state index in [1.54, 1.807) is 13.0 Å². The van der Waals surface area contributed by atoms with Gasteiger partial charge < -0.3 is 14.5 Å². The van der Waals surface area contributed by atoms with Crippen molar-refractivity contribution >= 4 is 5.97 Å². The van der Waals surface area contributed by atoms with Gasteiger partial charge in [0.2, 0.25) is 0 Å². The first-order chi connectivity index (χ1) is 9.43. The molecule has 0 aliphatic carbocycles. The van der Waals surface area contributed by atoms with E-state index >= 15 is 0 Å². The number of aryl methyl sites for hydroxylation is 1. The first-order valence-electron chi connectivity index (χ1n) is 7.35. The van der Waals surface area contributed by atoms with Crippen molar-refractivity contribution in [1.29, 1.82) is 0 Å². The quantitative estimate of drug-likeness (QED) is 0.738. The van der Waals surface area contributed by atoms with Crippen molar-refractivity contribution in [2.24, 2.45) is 5.92 Å². The summed E-state index contributed by atoms with van der Waals surface area (Å²) in [6.45, 7) is 9.09. The lowest BCUT2D eigenvalue weighted by atomic mass is 10.0. The van der Waals surface area contributed by atoms with Crippen molar-refractivity contribution in [3.8, 4) is 0 Å². The van der Waals surface area contributed by atoms with Gasteiger partial charge in [0.25, 0.3) is 0 Å². The van der Waals surface area contributed by atoms with Gasteiger partial charge in [0.05, 0.1) is 13.7 Å². The Kier molecular flexibility index (Phi) is 6.79. The van der Waals surface area contributed by atoms with Crippen molar-refractivity contribution in [2.45, 2.75) is 59.5 Å². The number of ether oxygens (including phenoxy) is 1. The Morgan fingerprint density at radius 1 is 1.35 bits per heavy atom. The molecule has 1 unspecified atom stereocenters. The van der Waals surface area contributed by atoms with Crippen molar-refractivity contribution < 1.29 is 13.9 Å². The van der Waals surface area contributed by atoms with Crippen LogP contribution in [-0.2, 0) is 11.3 Å². The average molecular weight is 281 g/mol. The van der Waals surface area contributed by atoms with Gasteiger partial charge in [-0.1, -0.05) is 26.7 Å². The molecule has 0 aliphatic heterocycles. The molecule has 0 bridgehead atoms. The van der Waals surface area contributed by atoms with Crippen LogP contribution in [0.15, 0.2) is 10.5 Å². The van der Waals surface area contributed by atoms with Gasteiger partial charge in [-0.2, -0.15) is 0 Å². The normalized spacial score (nSPS) is 12.7. The molecule has 4 nitrogen and oxygen atoms in total. The van der Waals surface area contributed by atoms with E-state index in [1.165, 1.54) is 20.0 Å². The molecule has 0 spiro atoms. The van der Waals surface area contributed by atoms with Gasteiger partial charge >= 0.3 is 5.97 Å². The van der Waals surface area contributed by atoms with Crippen LogP contribution in [0.2, 0.25) is 0 Å². The van der Waals surface area contributed by atoms with Gasteiger partial charge in [0, 0.05) is 6.04 Å². The molecule has 114 valence electrons. The van der Waals surface area contributed by atoms with Crippen LogP contribution in [0.1, 0.15) is 61.9 Å². The Bertz CT molecular complexity index is 423. The van der Waals surface area contributed by atoms with Crippen LogP contribution in [0.5, 0.6) is 0 Å². The van der Waals surface area contributed by atoms with Crippen LogP contribution in [0, 0.1) is 12.8 Å². The monoisotopic (exact) mass is 281 g/mol. The number of esters is 1. The molecular weight excluding hydrogens is 254 g/mol. The summed E-state index contributed by atoms with van der Waals surface area (Å²) in [6.07, 6.45) is 3.65. The zero-order chi connectivity index (χ0) is 15.1. The van der Waals surface area contributed by atoms with Crippen LogP contribution in [0.3, 0.4) is 0 Å². The highest BCUT2D eigenvalue weighted by atomic mass is 16.5. The third kappa shape index (κ3) is 5.37. The Morgan fingerprint density at radius 2 is 2.05 bits per heavy atom. The minimum Gasteiger partial charge on any atom is -0.465 e. The topological polar surface area (TPSA) is 51.5 Å². The lowest BCUT2D eigenvalue weighted by Crippen LogP contribution is -2.25. The Hall–Kier alpha value is -1.29. The highest BCUT2D eigenvalue weighted by molar-refractivity contribution is 5.90. The molecule has 0 saturated heterocycles. The van der Waals surface area contributed by atoms with E-state index in [0.717, 1.165) is 18.1 Å². The van der Waals surface area contributed by atoms with E-state index in [2.05, 4.69) is 26.1 Å². The molecule has 1 N–H and O–H groups in total. The number of hydrogen-bond acceptors (Lipinski definition) is 4. The lowest BCUT2D eigenvalue weighted by molar-refractivity contribution is 0.0599. The maximum Gasteiger partial charge on any atom is 0.341 e. The van der Waals surface area contributed by atoms with Crippen molar-refractivity contribution in [3.63, 3.8) is 0 Å². The van der Waals surface area contributed by atoms with Crippen molar-refractivity contribution in [3.05, 3.63) is 23.2 Å². The molecule has 1 atom stereocenters. The zero-order valence-electron chi connectivity index (χ0n) is 13.3.